The van der Waals surface area contributed by atoms with Crippen molar-refractivity contribution in [1.82, 2.24) is 0 Å². The smallest absolute Gasteiger partial charge is 0.413 e. The summed E-state index contributed by atoms with van der Waals surface area (Å²) in [6.07, 6.45) is 0.142. The molecule has 0 amide bonds. The van der Waals surface area contributed by atoms with Gasteiger partial charge in [0.25, 0.3) is 0 Å². The van der Waals surface area contributed by atoms with Gasteiger partial charge >= 0.3 is 23.0 Å². The van der Waals surface area contributed by atoms with Gasteiger partial charge in [-0.05, 0) is 60.7 Å². The highest BCUT2D eigenvalue weighted by atomic mass is 31.3. The first-order valence-corrected chi connectivity index (χ1v) is 24.0. The Balaban J connectivity index is 1.29. The topological polar surface area (TPSA) is 136 Å². The molecule has 9 rings (SSSR count). The second-order valence-electron chi connectivity index (χ2n) is 13.7. The third kappa shape index (κ3) is 10.7. The maximum absolute atomic E-state index is 7.18. The minimum atomic E-state index is -4.16. The van der Waals surface area contributed by atoms with E-state index in [2.05, 4.69) is 0 Å². The summed E-state index contributed by atoms with van der Waals surface area (Å²) < 4.78 is 81.0. The summed E-state index contributed by atoms with van der Waals surface area (Å²) in [7, 11) is -12.3. The lowest BCUT2D eigenvalue weighted by atomic mass is 10.2. The second-order valence-corrected chi connectivity index (χ2v) is 19.9. The molecule has 0 aliphatic carbocycles. The zero-order valence-electron chi connectivity index (χ0n) is 32.3. The van der Waals surface area contributed by atoms with Crippen LogP contribution in [0.25, 0.3) is 0 Å². The van der Waals surface area contributed by atoms with Gasteiger partial charge in [0.1, 0.15) is 46.7 Å². The van der Waals surface area contributed by atoms with E-state index in [1.807, 2.05) is 121 Å². The number of nitrogens with zero attached hydrogens (tertiary/aromatic N) is 3. The summed E-state index contributed by atoms with van der Waals surface area (Å²) in [6, 6.07) is 51.9. The van der Waals surface area contributed by atoms with Crippen LogP contribution in [0.1, 0.15) is 11.1 Å². The first kappa shape index (κ1) is 40.1. The van der Waals surface area contributed by atoms with Crippen LogP contribution in [0.5, 0.6) is 34.5 Å². The highest BCUT2D eigenvalue weighted by molar-refractivity contribution is 7.79. The molecule has 0 spiro atoms. The Hall–Kier alpha value is -5.35. The average Bonchev–Trinajstić information content (AvgIpc) is 4.21. The second kappa shape index (κ2) is 18.5. The first-order valence-electron chi connectivity index (χ1n) is 19.4. The van der Waals surface area contributed by atoms with Gasteiger partial charge in [0.15, 0.2) is 0 Å². The SMILES string of the molecule is c1ccc(OP2(Oc3ccccc3)=NP(Oc3ccccc3)(Oc3ccccc3)=NP(Oc3ccccc3COCC3CO3)(Oc3ccccc3COCC3CO3)=N2)cc1. The quantitative estimate of drug-likeness (QED) is 0.0539. The van der Waals surface area contributed by atoms with Crippen LogP contribution in [0.15, 0.2) is 183 Å². The molecule has 2 unspecified atom stereocenters. The number of ether oxygens (including phenoxy) is 4. The normalized spacial score (nSPS) is 20.5. The molecular formula is C44H42N3O10P3. The van der Waals surface area contributed by atoms with E-state index >= 15 is 0 Å². The van der Waals surface area contributed by atoms with Gasteiger partial charge in [0.05, 0.1) is 39.6 Å². The molecule has 3 heterocycles. The van der Waals surface area contributed by atoms with Gasteiger partial charge in [0, 0.05) is 11.1 Å². The van der Waals surface area contributed by atoms with Crippen LogP contribution < -0.4 is 27.1 Å². The average molecular weight is 866 g/mol. The predicted octanol–water partition coefficient (Wildman–Crippen LogP) is 12.1. The molecule has 0 aromatic heterocycles. The van der Waals surface area contributed by atoms with Gasteiger partial charge in [-0.1, -0.05) is 123 Å². The zero-order chi connectivity index (χ0) is 40.5. The minimum Gasteiger partial charge on any atom is -0.413 e. The molecular weight excluding hydrogens is 823 g/mol. The van der Waals surface area contributed by atoms with E-state index in [9.17, 15) is 0 Å². The Bertz CT molecular complexity index is 2280. The fraction of sp³-hybridized carbons (Fsp3) is 0.182. The Morgan fingerprint density at radius 1 is 0.383 bits per heavy atom. The van der Waals surface area contributed by atoms with Gasteiger partial charge in [-0.25, -0.2) is 0 Å². The fourth-order valence-corrected chi connectivity index (χ4v) is 15.0. The molecule has 0 radical (unpaired) electrons. The molecule has 2 saturated heterocycles. The molecule has 13 nitrogen and oxygen atoms in total. The standard InChI is InChI=1S/C44H42N3O10P3/c1-5-19-37(20-6-1)52-58(53-38-21-7-2-8-22-38)45-59(54-39-23-9-3-10-24-39,55-40-25-11-4-12-26-40)47-60(46-58,56-43-27-15-13-17-35(43)29-48-31-41-33-50-41)57-44-28-16-14-18-36(44)30-49-32-42-34-51-42/h1-28,41-42H,29-34H2. The lowest BCUT2D eigenvalue weighted by Crippen LogP contribution is -2.12. The fourth-order valence-electron chi connectivity index (χ4n) is 5.84. The van der Waals surface area contributed by atoms with Crippen molar-refractivity contribution in [2.45, 2.75) is 25.4 Å². The van der Waals surface area contributed by atoms with E-state index in [0.29, 0.717) is 60.9 Å². The van der Waals surface area contributed by atoms with Gasteiger partial charge in [-0.2, -0.15) is 0 Å². The van der Waals surface area contributed by atoms with Crippen molar-refractivity contribution in [3.63, 3.8) is 0 Å². The van der Waals surface area contributed by atoms with Gasteiger partial charge in [0.2, 0.25) is 0 Å². The number of epoxide rings is 2. The molecule has 6 aromatic rings. The van der Waals surface area contributed by atoms with Gasteiger partial charge < -0.3 is 46.1 Å². The maximum Gasteiger partial charge on any atom is 0.460 e. The number of para-hydroxylation sites is 6. The molecule has 2 atom stereocenters. The van der Waals surface area contributed by atoms with E-state index in [0.717, 1.165) is 11.1 Å². The molecule has 308 valence electrons. The van der Waals surface area contributed by atoms with Crippen LogP contribution in [0.2, 0.25) is 0 Å². The molecule has 60 heavy (non-hydrogen) atoms. The third-order valence-electron chi connectivity index (χ3n) is 8.86. The Morgan fingerprint density at radius 3 is 0.983 bits per heavy atom. The summed E-state index contributed by atoms with van der Waals surface area (Å²) in [5, 5.41) is 0. The lowest BCUT2D eigenvalue weighted by molar-refractivity contribution is 0.103. The van der Waals surface area contributed by atoms with Crippen molar-refractivity contribution in [3.8, 4) is 34.5 Å². The highest BCUT2D eigenvalue weighted by Gasteiger charge is 2.49. The molecule has 3 aliphatic heterocycles. The summed E-state index contributed by atoms with van der Waals surface area (Å²) in [5.74, 6) is 2.54. The Labute approximate surface area is 348 Å². The van der Waals surface area contributed by atoms with E-state index in [-0.39, 0.29) is 25.4 Å². The van der Waals surface area contributed by atoms with Crippen LogP contribution in [-0.4, -0.2) is 38.6 Å². The van der Waals surface area contributed by atoms with Crippen LogP contribution >= 0.6 is 23.0 Å². The largest absolute Gasteiger partial charge is 0.460 e. The number of hydrogen-bond donors (Lipinski definition) is 0. The van der Waals surface area contributed by atoms with E-state index in [4.69, 9.17) is 59.6 Å². The zero-order valence-corrected chi connectivity index (χ0v) is 35.0. The number of rotatable bonds is 20. The summed E-state index contributed by atoms with van der Waals surface area (Å²) in [4.78, 5) is 0. The number of benzene rings is 6. The monoisotopic (exact) mass is 865 g/mol. The highest BCUT2D eigenvalue weighted by Crippen LogP contribution is 2.78. The summed E-state index contributed by atoms with van der Waals surface area (Å²) in [5.41, 5.74) is 1.45. The summed E-state index contributed by atoms with van der Waals surface area (Å²) in [6.45, 7) is 2.65. The van der Waals surface area contributed by atoms with E-state index < -0.39 is 23.0 Å². The molecule has 0 saturated carbocycles. The van der Waals surface area contributed by atoms with Crippen LogP contribution in [0, 0.1) is 0 Å². The van der Waals surface area contributed by atoms with Gasteiger partial charge in [-0.15, -0.1) is 0 Å². The molecule has 0 bridgehead atoms. The van der Waals surface area contributed by atoms with Crippen LogP contribution in [0.3, 0.4) is 0 Å². The molecule has 2 fully saturated rings. The molecule has 6 aromatic carbocycles. The van der Waals surface area contributed by atoms with Crippen molar-refractivity contribution < 1.29 is 46.1 Å². The number of hydrogen-bond acceptors (Lipinski definition) is 13. The summed E-state index contributed by atoms with van der Waals surface area (Å²) >= 11 is 0. The third-order valence-corrected chi connectivity index (χ3v) is 16.9. The van der Waals surface area contributed by atoms with Crippen molar-refractivity contribution in [2.75, 3.05) is 26.4 Å². The van der Waals surface area contributed by atoms with Crippen molar-refractivity contribution in [2.24, 2.45) is 13.5 Å². The minimum absolute atomic E-state index is 0.0711. The first-order chi connectivity index (χ1) is 29.5. The maximum atomic E-state index is 7.18. The van der Waals surface area contributed by atoms with Crippen molar-refractivity contribution in [3.05, 3.63) is 181 Å². The Morgan fingerprint density at radius 2 is 0.667 bits per heavy atom. The predicted molar refractivity (Wildman–Crippen MR) is 229 cm³/mol. The van der Waals surface area contributed by atoms with Crippen molar-refractivity contribution in [1.29, 1.82) is 0 Å². The van der Waals surface area contributed by atoms with E-state index in [1.54, 1.807) is 48.5 Å². The molecule has 16 heteroatoms. The molecule has 3 aliphatic rings. The van der Waals surface area contributed by atoms with Crippen molar-refractivity contribution >= 4 is 23.0 Å². The van der Waals surface area contributed by atoms with E-state index in [1.165, 1.54) is 0 Å². The lowest BCUT2D eigenvalue weighted by Gasteiger charge is -2.33. The van der Waals surface area contributed by atoms with Gasteiger partial charge in [-0.3, -0.25) is 0 Å². The Kier molecular flexibility index (Phi) is 12.4. The molecule has 0 N–H and O–H groups in total. The van der Waals surface area contributed by atoms with Crippen LogP contribution in [-0.2, 0) is 32.2 Å². The van der Waals surface area contributed by atoms with Crippen LogP contribution in [0.4, 0.5) is 0 Å².